The SMILES string of the molecule is CC(NC(=O)OCc1ccccc1)C(=O)NC(CCCCN)C(=O)NC(CO)C(=O)NC(CCC(N)=O)C(=O)NCC(=O)NC(CO)C(=O)NC(CC(N)=O)C(=O)O. The number of carbonyl (C=O) groups is 10. The second-order valence-electron chi connectivity index (χ2n) is 12.7. The molecule has 24 heteroatoms. The minimum Gasteiger partial charge on any atom is -0.480 e. The molecular formula is C34H52N10O14. The van der Waals surface area contributed by atoms with E-state index in [0.717, 1.165) is 0 Å². The zero-order valence-corrected chi connectivity index (χ0v) is 31.7. The molecule has 0 spiro atoms. The van der Waals surface area contributed by atoms with E-state index in [1.807, 2.05) is 10.6 Å². The van der Waals surface area contributed by atoms with E-state index < -0.39 is 135 Å². The Morgan fingerprint density at radius 1 is 0.655 bits per heavy atom. The molecule has 24 nitrogen and oxygen atoms in total. The van der Waals surface area contributed by atoms with Crippen molar-refractivity contribution in [3.63, 3.8) is 0 Å². The summed E-state index contributed by atoms with van der Waals surface area (Å²) in [7, 11) is 0. The van der Waals surface area contributed by atoms with Crippen LogP contribution in [0.4, 0.5) is 4.79 Å². The molecule has 0 aromatic heterocycles. The molecule has 1 rings (SSSR count). The molecule has 322 valence electrons. The summed E-state index contributed by atoms with van der Waals surface area (Å²) in [5.41, 5.74) is 16.4. The minimum atomic E-state index is -1.77. The number of aliphatic carboxylic acids is 1. The molecule has 0 aliphatic heterocycles. The van der Waals surface area contributed by atoms with Crippen molar-refractivity contribution in [2.24, 2.45) is 17.2 Å². The Morgan fingerprint density at radius 3 is 1.74 bits per heavy atom. The molecule has 6 unspecified atom stereocenters. The third kappa shape index (κ3) is 19.5. The number of nitrogens with one attached hydrogen (secondary N) is 7. The molecular weight excluding hydrogens is 772 g/mol. The summed E-state index contributed by atoms with van der Waals surface area (Å²) in [6.45, 7) is -1.39. The highest BCUT2D eigenvalue weighted by molar-refractivity contribution is 5.97. The zero-order valence-electron chi connectivity index (χ0n) is 31.7. The lowest BCUT2D eigenvalue weighted by Gasteiger charge is -2.25. The third-order valence-corrected chi connectivity index (χ3v) is 7.93. The molecule has 1 aromatic carbocycles. The van der Waals surface area contributed by atoms with Crippen molar-refractivity contribution in [3.05, 3.63) is 35.9 Å². The normalized spacial score (nSPS) is 13.7. The van der Waals surface area contributed by atoms with Gasteiger partial charge in [-0.1, -0.05) is 30.3 Å². The minimum absolute atomic E-state index is 0.0255. The average Bonchev–Trinajstić information content (AvgIpc) is 3.17. The van der Waals surface area contributed by atoms with E-state index in [0.29, 0.717) is 18.4 Å². The number of carbonyl (C=O) groups excluding carboxylic acids is 9. The van der Waals surface area contributed by atoms with Gasteiger partial charge < -0.3 is 74.5 Å². The fourth-order valence-corrected chi connectivity index (χ4v) is 4.76. The summed E-state index contributed by atoms with van der Waals surface area (Å²) in [5.74, 6) is -9.77. The maximum atomic E-state index is 13.3. The first-order chi connectivity index (χ1) is 27.4. The lowest BCUT2D eigenvalue weighted by atomic mass is 10.1. The number of ether oxygens (including phenoxy) is 1. The van der Waals surface area contributed by atoms with Gasteiger partial charge >= 0.3 is 12.1 Å². The second-order valence-corrected chi connectivity index (χ2v) is 12.7. The molecule has 0 bridgehead atoms. The Labute approximate surface area is 332 Å². The van der Waals surface area contributed by atoms with Crippen LogP contribution in [0.1, 0.15) is 51.0 Å². The summed E-state index contributed by atoms with van der Waals surface area (Å²) in [6.07, 6.45) is -1.75. The van der Waals surface area contributed by atoms with Crippen molar-refractivity contribution in [1.29, 1.82) is 0 Å². The molecule has 16 N–H and O–H groups in total. The maximum absolute atomic E-state index is 13.3. The lowest BCUT2D eigenvalue weighted by Crippen LogP contribution is -2.59. The van der Waals surface area contributed by atoms with Gasteiger partial charge in [-0.2, -0.15) is 0 Å². The van der Waals surface area contributed by atoms with Crippen molar-refractivity contribution in [1.82, 2.24) is 37.2 Å². The van der Waals surface area contributed by atoms with Crippen molar-refractivity contribution in [2.75, 3.05) is 26.3 Å². The topological polar surface area (TPSA) is 403 Å². The van der Waals surface area contributed by atoms with Crippen LogP contribution in [0.5, 0.6) is 0 Å². The number of aliphatic hydroxyl groups is 2. The third-order valence-electron chi connectivity index (χ3n) is 7.93. The van der Waals surface area contributed by atoms with Crippen molar-refractivity contribution in [3.8, 4) is 0 Å². The predicted octanol–water partition coefficient (Wildman–Crippen LogP) is -5.82. The summed E-state index contributed by atoms with van der Waals surface area (Å²) in [6, 6.07) is -0.538. The molecule has 0 fully saturated rings. The Bertz CT molecular complexity index is 1600. The van der Waals surface area contributed by atoms with E-state index >= 15 is 0 Å². The molecule has 0 heterocycles. The van der Waals surface area contributed by atoms with Crippen LogP contribution in [0, 0.1) is 0 Å². The van der Waals surface area contributed by atoms with E-state index in [1.54, 1.807) is 30.3 Å². The Kier molecular flexibility index (Phi) is 22.6. The Balaban J connectivity index is 2.94. The first kappa shape index (κ1) is 49.6. The van der Waals surface area contributed by atoms with E-state index in [1.165, 1.54) is 6.92 Å². The smallest absolute Gasteiger partial charge is 0.408 e. The van der Waals surface area contributed by atoms with Gasteiger partial charge in [0.15, 0.2) is 0 Å². The average molecular weight is 825 g/mol. The number of hydrogen-bond donors (Lipinski definition) is 13. The molecule has 9 amide bonds. The van der Waals surface area contributed by atoms with Crippen LogP contribution in [0.15, 0.2) is 30.3 Å². The Hall–Kier alpha value is -6.40. The first-order valence-corrected chi connectivity index (χ1v) is 17.9. The number of carboxylic acid groups (broad SMARTS) is 1. The van der Waals surface area contributed by atoms with Crippen LogP contribution in [0.25, 0.3) is 0 Å². The monoisotopic (exact) mass is 824 g/mol. The highest BCUT2D eigenvalue weighted by Crippen LogP contribution is 2.05. The molecule has 58 heavy (non-hydrogen) atoms. The molecule has 0 radical (unpaired) electrons. The molecule has 0 aliphatic carbocycles. The van der Waals surface area contributed by atoms with Gasteiger partial charge in [-0.25, -0.2) is 9.59 Å². The Morgan fingerprint density at radius 2 is 1.19 bits per heavy atom. The number of primary amides is 2. The van der Waals surface area contributed by atoms with Crippen LogP contribution in [0.3, 0.4) is 0 Å². The number of amides is 9. The van der Waals surface area contributed by atoms with Gasteiger partial charge in [0.25, 0.3) is 0 Å². The molecule has 6 atom stereocenters. The molecule has 0 saturated heterocycles. The summed E-state index contributed by atoms with van der Waals surface area (Å²) >= 11 is 0. The van der Waals surface area contributed by atoms with E-state index in [-0.39, 0.29) is 19.6 Å². The fraction of sp³-hybridized carbons (Fsp3) is 0.529. The zero-order chi connectivity index (χ0) is 43.8. The fourth-order valence-electron chi connectivity index (χ4n) is 4.76. The molecule has 1 aromatic rings. The number of unbranched alkanes of at least 4 members (excludes halogenated alkanes) is 1. The van der Waals surface area contributed by atoms with Gasteiger partial charge in [0.05, 0.1) is 26.2 Å². The molecule has 0 saturated carbocycles. The van der Waals surface area contributed by atoms with E-state index in [9.17, 15) is 58.2 Å². The summed E-state index contributed by atoms with van der Waals surface area (Å²) < 4.78 is 5.11. The van der Waals surface area contributed by atoms with Gasteiger partial charge in [-0.05, 0) is 44.7 Å². The van der Waals surface area contributed by atoms with Crippen LogP contribution >= 0.6 is 0 Å². The number of hydrogen-bond acceptors (Lipinski definition) is 14. The van der Waals surface area contributed by atoms with Gasteiger partial charge in [0, 0.05) is 6.42 Å². The summed E-state index contributed by atoms with van der Waals surface area (Å²) in [5, 5.41) is 44.1. The highest BCUT2D eigenvalue weighted by Gasteiger charge is 2.31. The predicted molar refractivity (Wildman–Crippen MR) is 199 cm³/mol. The van der Waals surface area contributed by atoms with E-state index in [2.05, 4.69) is 26.6 Å². The number of rotatable bonds is 27. The van der Waals surface area contributed by atoms with Gasteiger partial charge in [0.2, 0.25) is 47.3 Å². The quantitative estimate of drug-likeness (QED) is 0.0368. The number of benzene rings is 1. The van der Waals surface area contributed by atoms with Crippen LogP contribution in [-0.2, 0) is 54.5 Å². The van der Waals surface area contributed by atoms with Crippen molar-refractivity contribution >= 4 is 59.3 Å². The van der Waals surface area contributed by atoms with Crippen LogP contribution in [-0.4, -0.2) is 137 Å². The van der Waals surface area contributed by atoms with Gasteiger partial charge in [0.1, 0.15) is 42.9 Å². The lowest BCUT2D eigenvalue weighted by molar-refractivity contribution is -0.144. The molecule has 0 aliphatic rings. The van der Waals surface area contributed by atoms with Crippen LogP contribution in [0.2, 0.25) is 0 Å². The largest absolute Gasteiger partial charge is 0.480 e. The first-order valence-electron chi connectivity index (χ1n) is 17.9. The number of carboxylic acids is 1. The van der Waals surface area contributed by atoms with E-state index in [4.69, 9.17) is 27.0 Å². The van der Waals surface area contributed by atoms with Crippen LogP contribution < -0.4 is 54.4 Å². The number of nitrogens with two attached hydrogens (primary N) is 3. The maximum Gasteiger partial charge on any atom is 0.408 e. The van der Waals surface area contributed by atoms with Crippen molar-refractivity contribution < 1.29 is 68.0 Å². The van der Waals surface area contributed by atoms with Gasteiger partial charge in [-0.15, -0.1) is 0 Å². The number of aliphatic hydroxyl groups excluding tert-OH is 2. The highest BCUT2D eigenvalue weighted by atomic mass is 16.5. The second kappa shape index (κ2) is 26.5. The summed E-state index contributed by atoms with van der Waals surface area (Å²) in [4.78, 5) is 124. The van der Waals surface area contributed by atoms with Gasteiger partial charge in [-0.3, -0.25) is 38.4 Å². The van der Waals surface area contributed by atoms with Crippen molar-refractivity contribution in [2.45, 2.75) is 88.3 Å². The number of alkyl carbamates (subject to hydrolysis) is 1. The standard InChI is InChI=1S/C34H52N10O14/c1-18(39-34(57)58-17-19-7-3-2-4-8-19)28(50)41-20(9-5-6-12-35)30(52)44-24(16-46)32(54)42-21(10-11-25(36)47)29(51)38-14-27(49)40-23(15-45)31(53)43-22(33(55)56)13-26(37)48/h2-4,7-8,18,20-24,45-46H,5-6,9-17,35H2,1H3,(H2,36,47)(H2,37,48)(H,38,51)(H,39,57)(H,40,49)(H,41,50)(H,42,54)(H,43,53)(H,44,52)(H,55,56).